The van der Waals surface area contributed by atoms with Crippen molar-refractivity contribution in [3.63, 3.8) is 0 Å². The van der Waals surface area contributed by atoms with Crippen molar-refractivity contribution in [2.24, 2.45) is 0 Å². The third-order valence-electron chi connectivity index (χ3n) is 13.1. The number of carbonyl (C=O) groups excluding carboxylic acids is 2. The minimum absolute atomic E-state index is 0.0826. The summed E-state index contributed by atoms with van der Waals surface area (Å²) >= 11 is 0. The largest absolute Gasteiger partial charge is 0.462 e. The van der Waals surface area contributed by atoms with Crippen LogP contribution in [0.25, 0.3) is 0 Å². The normalized spacial score (nSPS) is 12.3. The zero-order valence-corrected chi connectivity index (χ0v) is 44.7. The van der Waals surface area contributed by atoms with Crippen molar-refractivity contribution in [1.29, 1.82) is 0 Å². The monoisotopic (exact) mass is 927 g/mol. The van der Waals surface area contributed by atoms with Crippen LogP contribution in [0.1, 0.15) is 316 Å². The highest BCUT2D eigenvalue weighted by Crippen LogP contribution is 2.16. The van der Waals surface area contributed by atoms with Gasteiger partial charge in [-0.1, -0.05) is 263 Å². The molecule has 0 aliphatic carbocycles. The third kappa shape index (κ3) is 54.7. The zero-order valence-electron chi connectivity index (χ0n) is 44.7. The van der Waals surface area contributed by atoms with Gasteiger partial charge in [-0.2, -0.15) is 0 Å². The van der Waals surface area contributed by atoms with E-state index in [0.29, 0.717) is 19.4 Å². The van der Waals surface area contributed by atoms with Crippen LogP contribution in [0.15, 0.2) is 36.5 Å². The summed E-state index contributed by atoms with van der Waals surface area (Å²) in [6.07, 6.45) is 70.2. The van der Waals surface area contributed by atoms with Gasteiger partial charge < -0.3 is 14.2 Å². The number of allylic oxidation sites excluding steroid dienone is 6. The van der Waals surface area contributed by atoms with Gasteiger partial charge in [0.2, 0.25) is 0 Å². The third-order valence-corrected chi connectivity index (χ3v) is 13.1. The lowest BCUT2D eigenvalue weighted by Crippen LogP contribution is -2.30. The van der Waals surface area contributed by atoms with Crippen molar-refractivity contribution in [1.82, 2.24) is 0 Å². The summed E-state index contributed by atoms with van der Waals surface area (Å²) in [4.78, 5) is 25.5. The van der Waals surface area contributed by atoms with Crippen LogP contribution < -0.4 is 0 Å². The molecule has 0 fully saturated rings. The van der Waals surface area contributed by atoms with E-state index in [9.17, 15) is 9.59 Å². The molecule has 0 bridgehead atoms. The maximum absolute atomic E-state index is 12.8. The van der Waals surface area contributed by atoms with Crippen LogP contribution in [-0.4, -0.2) is 37.9 Å². The predicted molar refractivity (Wildman–Crippen MR) is 288 cm³/mol. The van der Waals surface area contributed by atoms with Crippen LogP contribution in [0.2, 0.25) is 0 Å². The Morgan fingerprint density at radius 1 is 0.333 bits per heavy atom. The average molecular weight is 928 g/mol. The molecule has 0 aliphatic heterocycles. The molecule has 66 heavy (non-hydrogen) atoms. The number of carbonyl (C=O) groups is 2. The highest BCUT2D eigenvalue weighted by molar-refractivity contribution is 5.70. The Morgan fingerprint density at radius 2 is 0.636 bits per heavy atom. The Hall–Kier alpha value is -1.88. The van der Waals surface area contributed by atoms with E-state index in [1.54, 1.807) is 0 Å². The van der Waals surface area contributed by atoms with E-state index in [1.807, 2.05) is 0 Å². The molecule has 1 atom stereocenters. The Kier molecular flexibility index (Phi) is 55.8. The second-order valence-corrected chi connectivity index (χ2v) is 19.9. The summed E-state index contributed by atoms with van der Waals surface area (Å²) in [6.45, 7) is 7.83. The van der Waals surface area contributed by atoms with Gasteiger partial charge in [-0.3, -0.25) is 9.59 Å². The molecule has 0 heterocycles. The standard InChI is InChI=1S/C61H114O5/c1-4-7-10-13-16-19-22-25-28-30-31-32-34-36-39-42-45-48-51-54-60(62)65-58-59(57-64-56-53-50-47-44-41-38-35-29-26-23-20-17-14-11-8-5-2)66-61(63)55-52-49-46-43-40-37-33-27-24-21-18-15-12-9-6-3/h18,21,26-27,29,33,59H,4-17,19-20,22-25,28,30-32,34-58H2,1-3H3/b21-18-,29-26-,33-27-. The second-order valence-electron chi connectivity index (χ2n) is 19.9. The summed E-state index contributed by atoms with van der Waals surface area (Å²) in [5, 5.41) is 0. The molecule has 0 aromatic heterocycles. The Balaban J connectivity index is 4.24. The van der Waals surface area contributed by atoms with Crippen molar-refractivity contribution in [3.8, 4) is 0 Å². The maximum Gasteiger partial charge on any atom is 0.306 e. The van der Waals surface area contributed by atoms with Crippen LogP contribution in [0.3, 0.4) is 0 Å². The van der Waals surface area contributed by atoms with Gasteiger partial charge in [0, 0.05) is 19.4 Å². The minimum Gasteiger partial charge on any atom is -0.462 e. The van der Waals surface area contributed by atoms with E-state index < -0.39 is 6.10 Å². The highest BCUT2D eigenvalue weighted by Gasteiger charge is 2.17. The average Bonchev–Trinajstić information content (AvgIpc) is 3.32. The van der Waals surface area contributed by atoms with Gasteiger partial charge in [0.25, 0.3) is 0 Å². The van der Waals surface area contributed by atoms with Gasteiger partial charge in [0.15, 0.2) is 6.10 Å². The van der Waals surface area contributed by atoms with Crippen LogP contribution in [0, 0.1) is 0 Å². The summed E-state index contributed by atoms with van der Waals surface area (Å²) in [5.41, 5.74) is 0. The van der Waals surface area contributed by atoms with Gasteiger partial charge in [0.05, 0.1) is 6.61 Å². The fourth-order valence-electron chi connectivity index (χ4n) is 8.71. The SMILES string of the molecule is CCCCC/C=C\C/C=C\CCCCCCCC(=O)OC(COCCCCCCCC/C=C\CCCCCCCC)COC(=O)CCCCCCCCCCCCCCCCCCCCC. The molecule has 5 heteroatoms. The molecule has 5 nitrogen and oxygen atoms in total. The molecule has 0 radical (unpaired) electrons. The number of hydrogen-bond acceptors (Lipinski definition) is 5. The summed E-state index contributed by atoms with van der Waals surface area (Å²) in [6, 6.07) is 0. The van der Waals surface area contributed by atoms with Crippen LogP contribution >= 0.6 is 0 Å². The summed E-state index contributed by atoms with van der Waals surface area (Å²) in [5.74, 6) is -0.397. The van der Waals surface area contributed by atoms with Gasteiger partial charge in [-0.15, -0.1) is 0 Å². The van der Waals surface area contributed by atoms with Gasteiger partial charge in [-0.25, -0.2) is 0 Å². The lowest BCUT2D eigenvalue weighted by molar-refractivity contribution is -0.163. The molecule has 0 aliphatic rings. The smallest absolute Gasteiger partial charge is 0.306 e. The quantitative estimate of drug-likeness (QED) is 0.0345. The summed E-state index contributed by atoms with van der Waals surface area (Å²) in [7, 11) is 0. The van der Waals surface area contributed by atoms with Crippen LogP contribution in [0.5, 0.6) is 0 Å². The molecule has 0 aromatic rings. The molecular formula is C61H114O5. The van der Waals surface area contributed by atoms with E-state index in [4.69, 9.17) is 14.2 Å². The van der Waals surface area contributed by atoms with E-state index >= 15 is 0 Å². The van der Waals surface area contributed by atoms with Gasteiger partial charge in [0.1, 0.15) is 6.61 Å². The van der Waals surface area contributed by atoms with Crippen molar-refractivity contribution in [2.45, 2.75) is 322 Å². The number of unbranched alkanes of at least 4 members (excludes halogenated alkanes) is 38. The van der Waals surface area contributed by atoms with Crippen molar-refractivity contribution < 1.29 is 23.8 Å². The molecule has 0 saturated carbocycles. The van der Waals surface area contributed by atoms with Gasteiger partial charge in [-0.05, 0) is 77.0 Å². The number of esters is 2. The van der Waals surface area contributed by atoms with E-state index in [2.05, 4.69) is 57.2 Å². The number of hydrogen-bond donors (Lipinski definition) is 0. The Morgan fingerprint density at radius 3 is 1.05 bits per heavy atom. The fourth-order valence-corrected chi connectivity index (χ4v) is 8.71. The lowest BCUT2D eigenvalue weighted by atomic mass is 10.0. The molecule has 1 unspecified atom stereocenters. The Labute approximate surface area is 412 Å². The first-order valence-corrected chi connectivity index (χ1v) is 29.5. The fraction of sp³-hybridized carbons (Fsp3) is 0.869. The maximum atomic E-state index is 12.8. The zero-order chi connectivity index (χ0) is 47.7. The molecule has 0 amide bonds. The molecule has 0 aromatic carbocycles. The van der Waals surface area contributed by atoms with Crippen molar-refractivity contribution in [3.05, 3.63) is 36.5 Å². The first-order chi connectivity index (χ1) is 32.6. The number of rotatable bonds is 55. The van der Waals surface area contributed by atoms with Crippen molar-refractivity contribution >= 4 is 11.9 Å². The van der Waals surface area contributed by atoms with Gasteiger partial charge >= 0.3 is 11.9 Å². The van der Waals surface area contributed by atoms with E-state index in [1.165, 1.54) is 225 Å². The molecule has 0 spiro atoms. The van der Waals surface area contributed by atoms with Crippen molar-refractivity contribution in [2.75, 3.05) is 19.8 Å². The highest BCUT2D eigenvalue weighted by atomic mass is 16.6. The predicted octanol–water partition coefficient (Wildman–Crippen LogP) is 20.1. The molecule has 0 N–H and O–H groups in total. The van der Waals surface area contributed by atoms with E-state index in [0.717, 1.165) is 57.8 Å². The first-order valence-electron chi connectivity index (χ1n) is 29.5. The summed E-state index contributed by atoms with van der Waals surface area (Å²) < 4.78 is 17.5. The van der Waals surface area contributed by atoms with Crippen LogP contribution in [0.4, 0.5) is 0 Å². The minimum atomic E-state index is -0.543. The molecule has 0 saturated heterocycles. The molecule has 0 rings (SSSR count). The Bertz CT molecular complexity index is 1050. The van der Waals surface area contributed by atoms with Crippen LogP contribution in [-0.2, 0) is 23.8 Å². The first kappa shape index (κ1) is 64.1. The molecule has 388 valence electrons. The topological polar surface area (TPSA) is 61.8 Å². The van der Waals surface area contributed by atoms with E-state index in [-0.39, 0.29) is 25.2 Å². The number of ether oxygens (including phenoxy) is 3. The molecular weight excluding hydrogens is 813 g/mol. The second kappa shape index (κ2) is 57.4. The lowest BCUT2D eigenvalue weighted by Gasteiger charge is -2.18.